The van der Waals surface area contributed by atoms with E-state index < -0.39 is 10.0 Å². The van der Waals surface area contributed by atoms with E-state index in [1.807, 2.05) is 49.4 Å². The number of benzene rings is 2. The lowest BCUT2D eigenvalue weighted by Gasteiger charge is -2.12. The molecule has 0 radical (unpaired) electrons. The lowest BCUT2D eigenvalue weighted by Crippen LogP contribution is -2.36. The van der Waals surface area contributed by atoms with Gasteiger partial charge in [0.2, 0.25) is 10.0 Å². The van der Waals surface area contributed by atoms with E-state index in [1.165, 1.54) is 7.05 Å². The quantitative estimate of drug-likeness (QED) is 0.463. The van der Waals surface area contributed by atoms with Crippen molar-refractivity contribution in [2.45, 2.75) is 25.8 Å². The van der Waals surface area contributed by atoms with Gasteiger partial charge >= 0.3 is 0 Å². The number of rotatable bonds is 8. The van der Waals surface area contributed by atoms with E-state index >= 15 is 0 Å². The summed E-state index contributed by atoms with van der Waals surface area (Å²) in [6.45, 7) is 3.72. The van der Waals surface area contributed by atoms with Crippen LogP contribution in [0.1, 0.15) is 23.6 Å². The van der Waals surface area contributed by atoms with Crippen LogP contribution in [0.3, 0.4) is 0 Å². The first kappa shape index (κ1) is 21.2. The van der Waals surface area contributed by atoms with Gasteiger partial charge in [-0.15, -0.1) is 0 Å². The van der Waals surface area contributed by atoms with Gasteiger partial charge in [-0.1, -0.05) is 54.1 Å². The molecule has 0 saturated carbocycles. The number of guanidine groups is 1. The number of nitrogens with one attached hydrogen (secondary N) is 3. The van der Waals surface area contributed by atoms with Crippen molar-refractivity contribution in [1.82, 2.24) is 15.4 Å². The van der Waals surface area contributed by atoms with Crippen molar-refractivity contribution in [3.05, 3.63) is 70.2 Å². The molecule has 0 atom stereocenters. The molecule has 0 aliphatic carbocycles. The summed E-state index contributed by atoms with van der Waals surface area (Å²) in [5.41, 5.74) is 2.66. The average molecular weight is 409 g/mol. The topological polar surface area (TPSA) is 82.6 Å². The van der Waals surface area contributed by atoms with Crippen LogP contribution < -0.4 is 15.4 Å². The molecule has 146 valence electrons. The largest absolute Gasteiger partial charge is 0.357 e. The molecule has 8 heteroatoms. The van der Waals surface area contributed by atoms with Gasteiger partial charge in [-0.05, 0) is 36.7 Å². The average Bonchev–Trinajstić information content (AvgIpc) is 2.65. The monoisotopic (exact) mass is 408 g/mol. The van der Waals surface area contributed by atoms with Crippen molar-refractivity contribution in [3.8, 4) is 0 Å². The molecule has 0 amide bonds. The van der Waals surface area contributed by atoms with Crippen LogP contribution in [0.25, 0.3) is 0 Å². The van der Waals surface area contributed by atoms with Crippen molar-refractivity contribution in [2.24, 2.45) is 4.99 Å². The van der Waals surface area contributed by atoms with E-state index in [0.717, 1.165) is 23.2 Å². The third-order valence-electron chi connectivity index (χ3n) is 3.83. The molecule has 0 bridgehead atoms. The maximum absolute atomic E-state index is 11.7. The Hall–Kier alpha value is -2.09. The number of hydrogen-bond acceptors (Lipinski definition) is 3. The second-order valence-corrected chi connectivity index (χ2v) is 8.26. The molecule has 0 heterocycles. The second-order valence-electron chi connectivity index (χ2n) is 5.92. The Bertz CT molecular complexity index is 885. The number of hydrogen-bond donors (Lipinski definition) is 3. The fourth-order valence-electron chi connectivity index (χ4n) is 2.44. The minimum Gasteiger partial charge on any atom is -0.357 e. The number of nitrogens with zero attached hydrogens (tertiary/aromatic N) is 1. The third kappa shape index (κ3) is 7.21. The lowest BCUT2D eigenvalue weighted by molar-refractivity contribution is 0.587. The van der Waals surface area contributed by atoms with Crippen molar-refractivity contribution >= 4 is 27.6 Å². The molecule has 2 aromatic carbocycles. The van der Waals surface area contributed by atoms with Crippen LogP contribution in [0.5, 0.6) is 0 Å². The number of aliphatic imine (C=N–C) groups is 1. The molecule has 27 heavy (non-hydrogen) atoms. The lowest BCUT2D eigenvalue weighted by atomic mass is 10.1. The van der Waals surface area contributed by atoms with Gasteiger partial charge in [0.05, 0.1) is 12.3 Å². The Kier molecular flexibility index (Phi) is 8.09. The van der Waals surface area contributed by atoms with Crippen LogP contribution in [0.2, 0.25) is 5.02 Å². The van der Waals surface area contributed by atoms with Crippen LogP contribution in [-0.4, -0.2) is 28.0 Å². The third-order valence-corrected chi connectivity index (χ3v) is 5.53. The van der Waals surface area contributed by atoms with E-state index in [2.05, 4.69) is 20.3 Å². The molecule has 0 aliphatic rings. The van der Waals surface area contributed by atoms with Gasteiger partial charge in [0.15, 0.2) is 5.96 Å². The van der Waals surface area contributed by atoms with E-state index in [-0.39, 0.29) is 5.75 Å². The van der Waals surface area contributed by atoms with E-state index in [1.54, 1.807) is 6.07 Å². The molecular formula is C19H25ClN4O2S. The molecule has 0 unspecified atom stereocenters. The van der Waals surface area contributed by atoms with E-state index in [0.29, 0.717) is 24.1 Å². The maximum Gasteiger partial charge on any atom is 0.215 e. The SMILES string of the molecule is CCNC(=NCc1cccc(CS(=O)(=O)NC)c1)NCc1ccccc1Cl. The van der Waals surface area contributed by atoms with Crippen LogP contribution >= 0.6 is 11.6 Å². The number of halogens is 1. The fourth-order valence-corrected chi connectivity index (χ4v) is 3.41. The zero-order chi connectivity index (χ0) is 19.7. The van der Waals surface area contributed by atoms with Crippen molar-refractivity contribution in [2.75, 3.05) is 13.6 Å². The van der Waals surface area contributed by atoms with Crippen LogP contribution in [0, 0.1) is 0 Å². The summed E-state index contributed by atoms with van der Waals surface area (Å²) >= 11 is 6.19. The highest BCUT2D eigenvalue weighted by molar-refractivity contribution is 7.88. The molecule has 3 N–H and O–H groups in total. The first-order valence-corrected chi connectivity index (χ1v) is 10.7. The fraction of sp³-hybridized carbons (Fsp3) is 0.316. The summed E-state index contributed by atoms with van der Waals surface area (Å²) in [5, 5.41) is 7.16. The minimum absolute atomic E-state index is 0.0497. The molecule has 2 rings (SSSR count). The molecule has 6 nitrogen and oxygen atoms in total. The van der Waals surface area contributed by atoms with Crippen molar-refractivity contribution < 1.29 is 8.42 Å². The van der Waals surface area contributed by atoms with Crippen LogP contribution in [0.15, 0.2) is 53.5 Å². The highest BCUT2D eigenvalue weighted by Gasteiger charge is 2.09. The molecular weight excluding hydrogens is 384 g/mol. The summed E-state index contributed by atoms with van der Waals surface area (Å²) in [6, 6.07) is 15.1. The Labute approximate surface area is 166 Å². The van der Waals surface area contributed by atoms with Crippen molar-refractivity contribution in [1.29, 1.82) is 0 Å². The molecule has 0 aromatic heterocycles. The van der Waals surface area contributed by atoms with Gasteiger partial charge in [-0.2, -0.15) is 0 Å². The maximum atomic E-state index is 11.7. The molecule has 2 aromatic rings. The summed E-state index contributed by atoms with van der Waals surface area (Å²) in [5.74, 6) is 0.622. The van der Waals surface area contributed by atoms with Gasteiger partial charge in [0.1, 0.15) is 0 Å². The zero-order valence-corrected chi connectivity index (χ0v) is 17.1. The molecule has 0 saturated heterocycles. The first-order valence-electron chi connectivity index (χ1n) is 8.68. The van der Waals surface area contributed by atoms with Crippen molar-refractivity contribution in [3.63, 3.8) is 0 Å². The van der Waals surface area contributed by atoms with Gasteiger partial charge in [0, 0.05) is 18.1 Å². The first-order chi connectivity index (χ1) is 12.9. The Morgan fingerprint density at radius 1 is 1.07 bits per heavy atom. The normalized spacial score (nSPS) is 12.0. The molecule has 0 fully saturated rings. The summed E-state index contributed by atoms with van der Waals surface area (Å²) in [7, 11) is -1.88. The summed E-state index contributed by atoms with van der Waals surface area (Å²) < 4.78 is 25.7. The van der Waals surface area contributed by atoms with Gasteiger partial charge < -0.3 is 10.6 Å². The standard InChI is InChI=1S/C19H25ClN4O2S/c1-3-22-19(24-13-17-9-4-5-10-18(17)20)23-12-15-7-6-8-16(11-15)14-27(25,26)21-2/h4-11,21H,3,12-14H2,1-2H3,(H2,22,23,24). The molecule has 0 aliphatic heterocycles. The summed E-state index contributed by atoms with van der Waals surface area (Å²) in [4.78, 5) is 4.57. The highest BCUT2D eigenvalue weighted by Crippen LogP contribution is 2.14. The number of sulfonamides is 1. The zero-order valence-electron chi connectivity index (χ0n) is 15.5. The van der Waals surface area contributed by atoms with E-state index in [4.69, 9.17) is 11.6 Å². The van der Waals surface area contributed by atoms with Crippen LogP contribution in [0.4, 0.5) is 0 Å². The Morgan fingerprint density at radius 3 is 2.52 bits per heavy atom. The predicted molar refractivity (Wildman–Crippen MR) is 111 cm³/mol. The highest BCUT2D eigenvalue weighted by atomic mass is 35.5. The van der Waals surface area contributed by atoms with Gasteiger partial charge in [0.25, 0.3) is 0 Å². The Balaban J connectivity index is 2.04. The Morgan fingerprint density at radius 2 is 1.81 bits per heavy atom. The minimum atomic E-state index is -3.30. The van der Waals surface area contributed by atoms with E-state index in [9.17, 15) is 8.42 Å². The van der Waals surface area contributed by atoms with Gasteiger partial charge in [-0.25, -0.2) is 18.1 Å². The van der Waals surface area contributed by atoms with Gasteiger partial charge in [-0.3, -0.25) is 0 Å². The van der Waals surface area contributed by atoms with Crippen LogP contribution in [-0.2, 0) is 28.9 Å². The smallest absolute Gasteiger partial charge is 0.215 e. The second kappa shape index (κ2) is 10.3. The predicted octanol–water partition coefficient (Wildman–Crippen LogP) is 2.64. The summed E-state index contributed by atoms with van der Waals surface area (Å²) in [6.07, 6.45) is 0. The molecule has 0 spiro atoms.